The van der Waals surface area contributed by atoms with E-state index in [2.05, 4.69) is 20.6 Å². The lowest BCUT2D eigenvalue weighted by atomic mass is 10.0. The zero-order chi connectivity index (χ0) is 21.8. The number of hydrogen-bond acceptors (Lipinski definition) is 6. The van der Waals surface area contributed by atoms with Crippen molar-refractivity contribution in [1.82, 2.24) is 10.6 Å². The maximum absolute atomic E-state index is 12.8. The maximum atomic E-state index is 12.8. The molecule has 162 valence electrons. The molecule has 4 rings (SSSR count). The number of hydrogen-bond donors (Lipinski definition) is 2. The molecule has 9 heteroatoms. The third-order valence-corrected chi connectivity index (χ3v) is 5.86. The van der Waals surface area contributed by atoms with Gasteiger partial charge in [0.05, 0.1) is 41.2 Å². The molecule has 0 spiro atoms. The van der Waals surface area contributed by atoms with Crippen LogP contribution in [0.1, 0.15) is 29.2 Å². The quantitative estimate of drug-likeness (QED) is 0.667. The number of nitrogens with zero attached hydrogens (tertiary/aromatic N) is 1. The molecular formula is C22H21Cl2N3O4. The van der Waals surface area contributed by atoms with E-state index in [1.54, 1.807) is 12.1 Å². The van der Waals surface area contributed by atoms with Crippen molar-refractivity contribution in [1.29, 1.82) is 0 Å². The highest BCUT2D eigenvalue weighted by molar-refractivity contribution is 6.42. The molecule has 0 unspecified atom stereocenters. The van der Waals surface area contributed by atoms with Crippen LogP contribution in [0.5, 0.6) is 0 Å². The fourth-order valence-electron chi connectivity index (χ4n) is 3.65. The SMILES string of the molecule is O=C(Cc1cccc(C2=NOC(=O)C2)c1)N[C@@H]1CNCCO[C@H]1c1ccc(Cl)c(Cl)c1. The van der Waals surface area contributed by atoms with E-state index in [4.69, 9.17) is 27.9 Å². The highest BCUT2D eigenvalue weighted by Crippen LogP contribution is 2.29. The third-order valence-electron chi connectivity index (χ3n) is 5.12. The Bertz CT molecular complexity index is 1030. The van der Waals surface area contributed by atoms with Crippen LogP contribution in [0.25, 0.3) is 0 Å². The number of carbonyl (C=O) groups excluding carboxylic acids is 2. The van der Waals surface area contributed by atoms with Gasteiger partial charge >= 0.3 is 5.97 Å². The topological polar surface area (TPSA) is 89.0 Å². The van der Waals surface area contributed by atoms with Gasteiger partial charge in [0.2, 0.25) is 5.91 Å². The minimum absolute atomic E-state index is 0.131. The minimum atomic E-state index is -0.382. The largest absolute Gasteiger partial charge is 0.370 e. The second-order valence-corrected chi connectivity index (χ2v) is 8.21. The lowest BCUT2D eigenvalue weighted by Crippen LogP contribution is -2.45. The highest BCUT2D eigenvalue weighted by Gasteiger charge is 2.28. The first kappa shape index (κ1) is 21.8. The number of carbonyl (C=O) groups is 2. The van der Waals surface area contributed by atoms with Crippen LogP contribution in [0.4, 0.5) is 0 Å². The predicted molar refractivity (Wildman–Crippen MR) is 117 cm³/mol. The van der Waals surface area contributed by atoms with Crippen molar-refractivity contribution in [2.75, 3.05) is 19.7 Å². The van der Waals surface area contributed by atoms with Crippen molar-refractivity contribution < 1.29 is 19.2 Å². The van der Waals surface area contributed by atoms with Gasteiger partial charge in [0.1, 0.15) is 6.10 Å². The highest BCUT2D eigenvalue weighted by atomic mass is 35.5. The van der Waals surface area contributed by atoms with Crippen LogP contribution in [0.3, 0.4) is 0 Å². The molecule has 0 saturated carbocycles. The number of nitrogens with one attached hydrogen (secondary N) is 2. The van der Waals surface area contributed by atoms with Crippen LogP contribution in [0.2, 0.25) is 10.0 Å². The Kier molecular flexibility index (Phi) is 6.87. The van der Waals surface area contributed by atoms with Crippen LogP contribution >= 0.6 is 23.2 Å². The van der Waals surface area contributed by atoms with Crippen LogP contribution < -0.4 is 10.6 Å². The number of rotatable bonds is 5. The predicted octanol–water partition coefficient (Wildman–Crippen LogP) is 3.03. The van der Waals surface area contributed by atoms with Gasteiger partial charge in [-0.1, -0.05) is 52.6 Å². The molecule has 7 nitrogen and oxygen atoms in total. The van der Waals surface area contributed by atoms with E-state index >= 15 is 0 Å². The van der Waals surface area contributed by atoms with E-state index in [1.807, 2.05) is 30.3 Å². The summed E-state index contributed by atoms with van der Waals surface area (Å²) in [4.78, 5) is 28.8. The number of halogens is 2. The molecule has 0 aromatic heterocycles. The van der Waals surface area contributed by atoms with Crippen LogP contribution in [-0.2, 0) is 25.6 Å². The van der Waals surface area contributed by atoms with Gasteiger partial charge in [-0.05, 0) is 29.3 Å². The van der Waals surface area contributed by atoms with Gasteiger partial charge in [0.25, 0.3) is 0 Å². The molecule has 2 N–H and O–H groups in total. The summed E-state index contributed by atoms with van der Waals surface area (Å²) >= 11 is 12.2. The Hall–Kier alpha value is -2.45. The van der Waals surface area contributed by atoms with E-state index < -0.39 is 0 Å². The summed E-state index contributed by atoms with van der Waals surface area (Å²) in [6.07, 6.45) is -0.0388. The maximum Gasteiger partial charge on any atom is 0.341 e. The number of benzene rings is 2. The lowest BCUT2D eigenvalue weighted by molar-refractivity contribution is -0.140. The fourth-order valence-corrected chi connectivity index (χ4v) is 3.96. The molecule has 0 bridgehead atoms. The molecule has 0 radical (unpaired) electrons. The van der Waals surface area contributed by atoms with E-state index in [-0.39, 0.29) is 36.9 Å². The molecule has 2 aromatic carbocycles. The van der Waals surface area contributed by atoms with Gasteiger partial charge in [-0.15, -0.1) is 0 Å². The van der Waals surface area contributed by atoms with Gasteiger partial charge in [-0.3, -0.25) is 4.79 Å². The molecule has 1 saturated heterocycles. The minimum Gasteiger partial charge on any atom is -0.370 e. The molecule has 2 heterocycles. The van der Waals surface area contributed by atoms with E-state index in [1.165, 1.54) is 0 Å². The Balaban J connectivity index is 1.46. The van der Waals surface area contributed by atoms with Crippen LogP contribution in [-0.4, -0.2) is 43.3 Å². The second kappa shape index (κ2) is 9.78. The first-order chi connectivity index (χ1) is 15.0. The summed E-state index contributed by atoms with van der Waals surface area (Å²) in [5.74, 6) is -0.521. The Labute approximate surface area is 189 Å². The Morgan fingerprint density at radius 2 is 2.06 bits per heavy atom. The van der Waals surface area contributed by atoms with Crippen molar-refractivity contribution >= 4 is 40.8 Å². The monoisotopic (exact) mass is 461 g/mol. The Morgan fingerprint density at radius 1 is 1.19 bits per heavy atom. The molecular weight excluding hydrogens is 441 g/mol. The normalized spacial score (nSPS) is 21.2. The van der Waals surface area contributed by atoms with Crippen molar-refractivity contribution in [2.45, 2.75) is 25.0 Å². The summed E-state index contributed by atoms with van der Waals surface area (Å²) in [5, 5.41) is 11.1. The second-order valence-electron chi connectivity index (χ2n) is 7.40. The first-order valence-corrected chi connectivity index (χ1v) is 10.7. The van der Waals surface area contributed by atoms with E-state index in [9.17, 15) is 9.59 Å². The molecule has 2 aliphatic heterocycles. The van der Waals surface area contributed by atoms with E-state index in [0.29, 0.717) is 35.5 Å². The average Bonchev–Trinajstić information content (AvgIpc) is 3.05. The summed E-state index contributed by atoms with van der Waals surface area (Å²) in [7, 11) is 0. The smallest absolute Gasteiger partial charge is 0.341 e. The number of oxime groups is 1. The van der Waals surface area contributed by atoms with Crippen molar-refractivity contribution in [2.24, 2.45) is 5.16 Å². The van der Waals surface area contributed by atoms with Crippen LogP contribution in [0.15, 0.2) is 47.6 Å². The average molecular weight is 462 g/mol. The fraction of sp³-hybridized carbons (Fsp3) is 0.318. The summed E-state index contributed by atoms with van der Waals surface area (Å²) in [5.41, 5.74) is 3.00. The van der Waals surface area contributed by atoms with Gasteiger partial charge < -0.3 is 20.2 Å². The van der Waals surface area contributed by atoms with Gasteiger partial charge in [0.15, 0.2) is 0 Å². The molecule has 2 aliphatic rings. The van der Waals surface area contributed by atoms with Crippen LogP contribution in [0, 0.1) is 0 Å². The van der Waals surface area contributed by atoms with Gasteiger partial charge in [-0.2, -0.15) is 0 Å². The molecule has 1 fully saturated rings. The standard InChI is InChI=1S/C22H21Cl2N3O4/c23-16-5-4-15(10-17(16)24)22-19(12-25-6-7-30-22)26-20(28)9-13-2-1-3-14(8-13)18-11-21(29)31-27-18/h1-5,8,10,19,22,25H,6-7,9,11-12H2,(H,26,28)/t19-,22+/m1/s1. The number of ether oxygens (including phenoxy) is 1. The van der Waals surface area contributed by atoms with Gasteiger partial charge in [-0.25, -0.2) is 4.79 Å². The third kappa shape index (κ3) is 5.43. The van der Waals surface area contributed by atoms with Crippen molar-refractivity contribution in [3.05, 3.63) is 69.2 Å². The Morgan fingerprint density at radius 3 is 2.84 bits per heavy atom. The zero-order valence-corrected chi connectivity index (χ0v) is 18.1. The van der Waals surface area contributed by atoms with Gasteiger partial charge in [0, 0.05) is 18.7 Å². The number of amides is 1. The molecule has 1 amide bonds. The zero-order valence-electron chi connectivity index (χ0n) is 16.6. The molecule has 31 heavy (non-hydrogen) atoms. The van der Waals surface area contributed by atoms with Crippen molar-refractivity contribution in [3.63, 3.8) is 0 Å². The summed E-state index contributed by atoms with van der Waals surface area (Å²) < 4.78 is 6.00. The lowest BCUT2D eigenvalue weighted by Gasteiger charge is -2.26. The summed E-state index contributed by atoms with van der Waals surface area (Å²) in [6.45, 7) is 1.77. The summed E-state index contributed by atoms with van der Waals surface area (Å²) in [6, 6.07) is 12.5. The molecule has 2 atom stereocenters. The molecule has 2 aromatic rings. The van der Waals surface area contributed by atoms with Crippen molar-refractivity contribution in [3.8, 4) is 0 Å². The van der Waals surface area contributed by atoms with E-state index in [0.717, 1.165) is 16.7 Å². The molecule has 0 aliphatic carbocycles. The first-order valence-electron chi connectivity index (χ1n) is 9.92.